The number of carbonyl (C=O) groups is 1. The number of amides is 2. The van der Waals surface area contributed by atoms with Crippen LogP contribution in [0.25, 0.3) is 0 Å². The van der Waals surface area contributed by atoms with Gasteiger partial charge in [0.05, 0.1) is 25.4 Å². The second-order valence-corrected chi connectivity index (χ2v) is 7.01. The topological polar surface area (TPSA) is 68.8 Å². The van der Waals surface area contributed by atoms with E-state index in [0.29, 0.717) is 25.9 Å². The molecule has 0 radical (unpaired) electrons. The summed E-state index contributed by atoms with van der Waals surface area (Å²) in [5, 5.41) is 5.76. The summed E-state index contributed by atoms with van der Waals surface area (Å²) >= 11 is 0. The third-order valence-corrected chi connectivity index (χ3v) is 4.81. The van der Waals surface area contributed by atoms with Crippen molar-refractivity contribution in [3.8, 4) is 0 Å². The van der Waals surface area contributed by atoms with Crippen LogP contribution in [0.5, 0.6) is 0 Å². The summed E-state index contributed by atoms with van der Waals surface area (Å²) in [5.41, 5.74) is 1.81. The molecule has 0 bridgehead atoms. The largest absolute Gasteiger partial charge is 0.378 e. The van der Waals surface area contributed by atoms with E-state index >= 15 is 0 Å². The Morgan fingerprint density at radius 3 is 2.77 bits per heavy atom. The fourth-order valence-corrected chi connectivity index (χ4v) is 3.38. The van der Waals surface area contributed by atoms with Gasteiger partial charge in [-0.25, -0.2) is 4.79 Å². The smallest absolute Gasteiger partial charge is 0.319 e. The van der Waals surface area contributed by atoms with Crippen molar-refractivity contribution >= 4 is 11.7 Å². The molecule has 0 aromatic heterocycles. The number of ether oxygens (including phenoxy) is 3. The predicted octanol–water partition coefficient (Wildman–Crippen LogP) is 3.46. The second-order valence-electron chi connectivity index (χ2n) is 7.01. The van der Waals surface area contributed by atoms with E-state index in [2.05, 4.69) is 10.6 Å². The Labute approximate surface area is 155 Å². The normalized spacial score (nSPS) is 22.9. The lowest BCUT2D eigenvalue weighted by molar-refractivity contribution is -0.0447. The number of anilines is 1. The highest BCUT2D eigenvalue weighted by Crippen LogP contribution is 2.16. The van der Waals surface area contributed by atoms with Crippen molar-refractivity contribution in [1.82, 2.24) is 5.32 Å². The number of carbonyl (C=O) groups excluding carboxylic acids is 1. The summed E-state index contributed by atoms with van der Waals surface area (Å²) in [6, 6.07) is 7.58. The maximum atomic E-state index is 12.0. The molecule has 2 aliphatic heterocycles. The SMILES string of the molecule is O=C(NCCC1CCCO1)Nc1cccc(COCC2CCCCO2)c1. The molecule has 0 spiro atoms. The minimum Gasteiger partial charge on any atom is -0.378 e. The molecule has 0 saturated carbocycles. The van der Waals surface area contributed by atoms with Gasteiger partial charge in [0, 0.05) is 25.4 Å². The molecular weight excluding hydrogens is 332 g/mol. The standard InChI is InChI=1S/C20H30N2O4/c23-20(21-10-9-18-8-4-12-25-18)22-17-6-3-5-16(13-17)14-24-15-19-7-1-2-11-26-19/h3,5-6,13,18-19H,1-2,4,7-12,14-15H2,(H2,21,22,23). The van der Waals surface area contributed by atoms with Crippen LogP contribution in [0.2, 0.25) is 0 Å². The number of benzene rings is 1. The van der Waals surface area contributed by atoms with Crippen molar-refractivity contribution in [1.29, 1.82) is 0 Å². The highest BCUT2D eigenvalue weighted by Gasteiger charge is 2.15. The lowest BCUT2D eigenvalue weighted by atomic mass is 10.1. The molecule has 6 heteroatoms. The first-order chi connectivity index (χ1) is 12.8. The molecule has 26 heavy (non-hydrogen) atoms. The minimum atomic E-state index is -0.184. The Balaban J connectivity index is 1.35. The monoisotopic (exact) mass is 362 g/mol. The average Bonchev–Trinajstić information content (AvgIpc) is 3.16. The predicted molar refractivity (Wildman–Crippen MR) is 100 cm³/mol. The van der Waals surface area contributed by atoms with Crippen LogP contribution in [0.3, 0.4) is 0 Å². The van der Waals surface area contributed by atoms with Gasteiger partial charge in [-0.05, 0) is 56.2 Å². The molecule has 2 N–H and O–H groups in total. The Kier molecular flexibility index (Phi) is 7.73. The maximum Gasteiger partial charge on any atom is 0.319 e. The van der Waals surface area contributed by atoms with Crippen LogP contribution in [0, 0.1) is 0 Å². The Morgan fingerprint density at radius 2 is 1.96 bits per heavy atom. The lowest BCUT2D eigenvalue weighted by Crippen LogP contribution is -2.31. The van der Waals surface area contributed by atoms with Crippen LogP contribution in [-0.2, 0) is 20.8 Å². The summed E-state index contributed by atoms with van der Waals surface area (Å²) in [6.45, 7) is 3.46. The van der Waals surface area contributed by atoms with Gasteiger partial charge in [0.1, 0.15) is 0 Å². The third-order valence-electron chi connectivity index (χ3n) is 4.81. The number of hydrogen-bond acceptors (Lipinski definition) is 4. The molecule has 2 aliphatic rings. The number of rotatable bonds is 8. The van der Waals surface area contributed by atoms with Gasteiger partial charge in [-0.1, -0.05) is 12.1 Å². The summed E-state index contributed by atoms with van der Waals surface area (Å²) in [5.74, 6) is 0. The molecule has 1 aromatic rings. The van der Waals surface area contributed by atoms with Crippen LogP contribution >= 0.6 is 0 Å². The van der Waals surface area contributed by atoms with Crippen LogP contribution in [0.1, 0.15) is 44.1 Å². The first-order valence-corrected chi connectivity index (χ1v) is 9.74. The molecule has 3 rings (SSSR count). The molecule has 144 valence electrons. The van der Waals surface area contributed by atoms with Gasteiger partial charge in [-0.2, -0.15) is 0 Å². The minimum absolute atomic E-state index is 0.184. The van der Waals surface area contributed by atoms with Gasteiger partial charge < -0.3 is 24.8 Å². The first kappa shape index (κ1) is 19.1. The van der Waals surface area contributed by atoms with E-state index in [1.165, 1.54) is 6.42 Å². The van der Waals surface area contributed by atoms with Crippen molar-refractivity contribution < 1.29 is 19.0 Å². The molecule has 2 amide bonds. The van der Waals surface area contributed by atoms with Gasteiger partial charge in [0.2, 0.25) is 0 Å². The molecule has 2 heterocycles. The van der Waals surface area contributed by atoms with Crippen molar-refractivity contribution in [2.24, 2.45) is 0 Å². The van der Waals surface area contributed by atoms with E-state index in [1.54, 1.807) is 0 Å². The molecule has 0 aliphatic carbocycles. The van der Waals surface area contributed by atoms with Crippen molar-refractivity contribution in [3.63, 3.8) is 0 Å². The van der Waals surface area contributed by atoms with Gasteiger partial charge in [0.15, 0.2) is 0 Å². The van der Waals surface area contributed by atoms with E-state index in [1.807, 2.05) is 24.3 Å². The third kappa shape index (κ3) is 6.59. The van der Waals surface area contributed by atoms with E-state index in [0.717, 1.165) is 56.6 Å². The van der Waals surface area contributed by atoms with Crippen molar-refractivity contribution in [2.45, 2.75) is 57.3 Å². The quantitative estimate of drug-likeness (QED) is 0.743. The van der Waals surface area contributed by atoms with Crippen LogP contribution in [0.15, 0.2) is 24.3 Å². The van der Waals surface area contributed by atoms with E-state index < -0.39 is 0 Å². The number of hydrogen-bond donors (Lipinski definition) is 2. The second kappa shape index (κ2) is 10.5. The zero-order chi connectivity index (χ0) is 18.0. The van der Waals surface area contributed by atoms with E-state index in [9.17, 15) is 4.79 Å². The average molecular weight is 362 g/mol. The molecule has 2 fully saturated rings. The van der Waals surface area contributed by atoms with Crippen molar-refractivity contribution in [3.05, 3.63) is 29.8 Å². The van der Waals surface area contributed by atoms with Gasteiger partial charge in [-0.3, -0.25) is 0 Å². The fourth-order valence-electron chi connectivity index (χ4n) is 3.38. The molecule has 2 atom stereocenters. The fraction of sp³-hybridized carbons (Fsp3) is 0.650. The van der Waals surface area contributed by atoms with Crippen LogP contribution in [0.4, 0.5) is 10.5 Å². The Morgan fingerprint density at radius 1 is 1.12 bits per heavy atom. The highest BCUT2D eigenvalue weighted by molar-refractivity contribution is 5.89. The molecule has 2 saturated heterocycles. The molecule has 6 nitrogen and oxygen atoms in total. The summed E-state index contributed by atoms with van der Waals surface area (Å²) in [7, 11) is 0. The Hall–Kier alpha value is -1.63. The zero-order valence-electron chi connectivity index (χ0n) is 15.4. The van der Waals surface area contributed by atoms with Gasteiger partial charge in [-0.15, -0.1) is 0 Å². The molecular formula is C20H30N2O4. The number of nitrogens with one attached hydrogen (secondary N) is 2. The summed E-state index contributed by atoms with van der Waals surface area (Å²) < 4.78 is 17.0. The summed E-state index contributed by atoms with van der Waals surface area (Å²) in [4.78, 5) is 12.0. The lowest BCUT2D eigenvalue weighted by Gasteiger charge is -2.22. The zero-order valence-corrected chi connectivity index (χ0v) is 15.4. The van der Waals surface area contributed by atoms with Gasteiger partial charge in [0.25, 0.3) is 0 Å². The Bertz CT molecular complexity index is 554. The summed E-state index contributed by atoms with van der Waals surface area (Å²) in [6.07, 6.45) is 7.05. The van der Waals surface area contributed by atoms with E-state index in [-0.39, 0.29) is 12.1 Å². The maximum absolute atomic E-state index is 12.0. The molecule has 2 unspecified atom stereocenters. The van der Waals surface area contributed by atoms with Crippen molar-refractivity contribution in [2.75, 3.05) is 31.7 Å². The van der Waals surface area contributed by atoms with E-state index in [4.69, 9.17) is 14.2 Å². The van der Waals surface area contributed by atoms with Crippen LogP contribution in [-0.4, -0.2) is 44.6 Å². The highest BCUT2D eigenvalue weighted by atomic mass is 16.5. The first-order valence-electron chi connectivity index (χ1n) is 9.74. The van der Waals surface area contributed by atoms with Gasteiger partial charge >= 0.3 is 6.03 Å². The number of urea groups is 1. The molecule has 1 aromatic carbocycles. The van der Waals surface area contributed by atoms with Crippen LogP contribution < -0.4 is 10.6 Å².